The van der Waals surface area contributed by atoms with Crippen molar-refractivity contribution in [3.05, 3.63) is 22.7 Å². The fourth-order valence-electron chi connectivity index (χ4n) is 2.36. The molecule has 110 valence electrons. The summed E-state index contributed by atoms with van der Waals surface area (Å²) in [6, 6.07) is 5.91. The van der Waals surface area contributed by atoms with Crippen molar-refractivity contribution in [2.24, 2.45) is 10.9 Å². The highest BCUT2D eigenvalue weighted by Gasteiger charge is 2.26. The third-order valence-electron chi connectivity index (χ3n) is 3.67. The van der Waals surface area contributed by atoms with Gasteiger partial charge in [-0.2, -0.15) is 0 Å². The summed E-state index contributed by atoms with van der Waals surface area (Å²) in [6.45, 7) is 5.44. The van der Waals surface area contributed by atoms with Gasteiger partial charge in [-0.3, -0.25) is 4.99 Å². The topological polar surface area (TPSA) is 33.6 Å². The molecule has 3 nitrogen and oxygen atoms in total. The number of halogens is 1. The van der Waals surface area contributed by atoms with Crippen molar-refractivity contribution < 1.29 is 4.74 Å². The number of aliphatic imine (C=N–C) groups is 1. The molecule has 1 aliphatic rings. The Bertz CT molecular complexity index is 489. The van der Waals surface area contributed by atoms with Crippen molar-refractivity contribution in [1.82, 2.24) is 0 Å². The third kappa shape index (κ3) is 3.70. The van der Waals surface area contributed by atoms with Gasteiger partial charge in [-0.15, -0.1) is 0 Å². The average Bonchev–Trinajstić information content (AvgIpc) is 2.91. The molecule has 0 saturated heterocycles. The normalized spacial score (nSPS) is 18.2. The molecular formula is C15H21BrN2OS. The Hall–Kier alpha value is -0.680. The lowest BCUT2D eigenvalue weighted by Crippen LogP contribution is -2.17. The predicted octanol–water partition coefficient (Wildman–Crippen LogP) is 4.78. The monoisotopic (exact) mass is 356 g/mol. The second-order valence-electron chi connectivity index (χ2n) is 4.85. The van der Waals surface area contributed by atoms with Gasteiger partial charge in [0.25, 0.3) is 0 Å². The summed E-state index contributed by atoms with van der Waals surface area (Å²) < 4.78 is 6.28. The summed E-state index contributed by atoms with van der Waals surface area (Å²) in [5.41, 5.74) is 1.00. The molecule has 0 aromatic heterocycles. The first-order chi connectivity index (χ1) is 9.67. The maximum absolute atomic E-state index is 5.26. The van der Waals surface area contributed by atoms with E-state index >= 15 is 0 Å². The Morgan fingerprint density at radius 3 is 2.85 bits per heavy atom. The number of thioether (sulfide) groups is 1. The number of nitrogens with zero attached hydrogens (tertiary/aromatic N) is 1. The molecule has 1 aromatic rings. The Morgan fingerprint density at radius 2 is 2.20 bits per heavy atom. The first-order valence-corrected chi connectivity index (χ1v) is 8.66. The van der Waals surface area contributed by atoms with Crippen LogP contribution in [-0.2, 0) is 0 Å². The highest BCUT2D eigenvalue weighted by molar-refractivity contribution is 9.10. The molecule has 0 saturated carbocycles. The molecular weight excluding hydrogens is 336 g/mol. The molecule has 0 bridgehead atoms. The van der Waals surface area contributed by atoms with Gasteiger partial charge in [0.1, 0.15) is 5.75 Å². The van der Waals surface area contributed by atoms with Crippen LogP contribution in [-0.4, -0.2) is 24.1 Å². The van der Waals surface area contributed by atoms with Crippen molar-refractivity contribution in [3.8, 4) is 5.75 Å². The fraction of sp³-hybridized carbons (Fsp3) is 0.533. The molecule has 1 unspecified atom stereocenters. The fourth-order valence-corrected chi connectivity index (χ4v) is 4.04. The van der Waals surface area contributed by atoms with Crippen molar-refractivity contribution >= 4 is 38.5 Å². The smallest absolute Gasteiger partial charge is 0.161 e. The molecule has 5 heteroatoms. The molecule has 0 spiro atoms. The number of rotatable bonds is 5. The van der Waals surface area contributed by atoms with Crippen LogP contribution in [0, 0.1) is 5.92 Å². The first-order valence-electron chi connectivity index (χ1n) is 6.99. The number of anilines is 1. The van der Waals surface area contributed by atoms with Crippen LogP contribution >= 0.6 is 27.7 Å². The first kappa shape index (κ1) is 15.7. The SMILES string of the molecule is CCC(CC)C1CN=C(Nc2cc(OC)ccc2Br)S1. The van der Waals surface area contributed by atoms with Crippen molar-refractivity contribution in [2.75, 3.05) is 19.0 Å². The van der Waals surface area contributed by atoms with E-state index in [9.17, 15) is 0 Å². The molecule has 1 atom stereocenters. The zero-order valence-corrected chi connectivity index (χ0v) is 14.6. The molecule has 1 heterocycles. The van der Waals surface area contributed by atoms with Gasteiger partial charge in [0.15, 0.2) is 5.17 Å². The van der Waals surface area contributed by atoms with Gasteiger partial charge in [-0.05, 0) is 34.0 Å². The van der Waals surface area contributed by atoms with E-state index < -0.39 is 0 Å². The summed E-state index contributed by atoms with van der Waals surface area (Å²) in [6.07, 6.45) is 2.44. The van der Waals surface area contributed by atoms with Crippen LogP contribution in [0.5, 0.6) is 5.75 Å². The molecule has 1 aliphatic heterocycles. The van der Waals surface area contributed by atoms with Crippen LogP contribution in [0.1, 0.15) is 26.7 Å². The Labute approximate surface area is 133 Å². The molecule has 0 aliphatic carbocycles. The Morgan fingerprint density at radius 1 is 1.45 bits per heavy atom. The minimum Gasteiger partial charge on any atom is -0.497 e. The van der Waals surface area contributed by atoms with Crippen molar-refractivity contribution in [1.29, 1.82) is 0 Å². The lowest BCUT2D eigenvalue weighted by atomic mass is 9.99. The molecule has 20 heavy (non-hydrogen) atoms. The van der Waals surface area contributed by atoms with Gasteiger partial charge in [-0.1, -0.05) is 38.5 Å². The van der Waals surface area contributed by atoms with E-state index in [0.717, 1.165) is 33.5 Å². The highest BCUT2D eigenvalue weighted by atomic mass is 79.9. The Kier molecular flexibility index (Phi) is 5.78. The van der Waals surface area contributed by atoms with E-state index in [0.29, 0.717) is 5.25 Å². The van der Waals surface area contributed by atoms with Crippen LogP contribution in [0.15, 0.2) is 27.7 Å². The van der Waals surface area contributed by atoms with Gasteiger partial charge < -0.3 is 10.1 Å². The second kappa shape index (κ2) is 7.36. The van der Waals surface area contributed by atoms with E-state index in [-0.39, 0.29) is 0 Å². The largest absolute Gasteiger partial charge is 0.497 e. The van der Waals surface area contributed by atoms with Crippen molar-refractivity contribution in [3.63, 3.8) is 0 Å². The van der Waals surface area contributed by atoms with Crippen LogP contribution in [0.2, 0.25) is 0 Å². The molecule has 0 amide bonds. The second-order valence-corrected chi connectivity index (χ2v) is 6.93. The summed E-state index contributed by atoms with van der Waals surface area (Å²) in [5.74, 6) is 1.59. The van der Waals surface area contributed by atoms with E-state index in [1.807, 2.05) is 30.0 Å². The molecule has 1 N–H and O–H groups in total. The molecule has 1 aromatic carbocycles. The third-order valence-corrected chi connectivity index (χ3v) is 5.65. The number of nitrogens with one attached hydrogen (secondary N) is 1. The van der Waals surface area contributed by atoms with E-state index in [4.69, 9.17) is 4.74 Å². The van der Waals surface area contributed by atoms with Crippen LogP contribution in [0.3, 0.4) is 0 Å². The lowest BCUT2D eigenvalue weighted by molar-refractivity contribution is 0.415. The maximum atomic E-state index is 5.26. The zero-order valence-electron chi connectivity index (χ0n) is 12.1. The zero-order chi connectivity index (χ0) is 14.5. The number of hydrogen-bond acceptors (Lipinski definition) is 4. The van der Waals surface area contributed by atoms with Gasteiger partial charge in [0.05, 0.1) is 19.3 Å². The van der Waals surface area contributed by atoms with E-state index in [2.05, 4.69) is 40.1 Å². The summed E-state index contributed by atoms with van der Waals surface area (Å²) in [4.78, 5) is 4.63. The van der Waals surface area contributed by atoms with Crippen molar-refractivity contribution in [2.45, 2.75) is 31.9 Å². The summed E-state index contributed by atoms with van der Waals surface area (Å²) in [5, 5.41) is 5.02. The summed E-state index contributed by atoms with van der Waals surface area (Å²) >= 11 is 5.42. The molecule has 2 rings (SSSR count). The van der Waals surface area contributed by atoms with Gasteiger partial charge >= 0.3 is 0 Å². The molecule has 0 fully saturated rings. The quantitative estimate of drug-likeness (QED) is 0.824. The summed E-state index contributed by atoms with van der Waals surface area (Å²) in [7, 11) is 1.68. The van der Waals surface area contributed by atoms with Gasteiger partial charge in [0, 0.05) is 15.8 Å². The highest BCUT2D eigenvalue weighted by Crippen LogP contribution is 2.33. The number of benzene rings is 1. The number of ether oxygens (including phenoxy) is 1. The maximum Gasteiger partial charge on any atom is 0.161 e. The minimum atomic E-state index is 0.608. The average molecular weight is 357 g/mol. The molecule has 0 radical (unpaired) electrons. The van der Waals surface area contributed by atoms with Crippen LogP contribution in [0.4, 0.5) is 5.69 Å². The van der Waals surface area contributed by atoms with Gasteiger partial charge in [0.2, 0.25) is 0 Å². The van der Waals surface area contributed by atoms with Gasteiger partial charge in [-0.25, -0.2) is 0 Å². The van der Waals surface area contributed by atoms with Crippen LogP contribution in [0.25, 0.3) is 0 Å². The standard InChI is InChI=1S/C15H21BrN2OS/c1-4-10(5-2)14-9-17-15(20-14)18-13-8-11(19-3)6-7-12(13)16/h6-8,10,14H,4-5,9H2,1-3H3,(H,17,18). The number of hydrogen-bond donors (Lipinski definition) is 1. The predicted molar refractivity (Wildman–Crippen MR) is 92.1 cm³/mol. The lowest BCUT2D eigenvalue weighted by Gasteiger charge is -2.18. The van der Waals surface area contributed by atoms with Crippen LogP contribution < -0.4 is 10.1 Å². The number of methoxy groups -OCH3 is 1. The minimum absolute atomic E-state index is 0.608. The number of amidine groups is 1. The van der Waals surface area contributed by atoms with E-state index in [1.165, 1.54) is 12.8 Å². The Balaban J connectivity index is 2.02. The van der Waals surface area contributed by atoms with E-state index in [1.54, 1.807) is 7.11 Å².